The normalized spacial score (nSPS) is 19.3. The Hall–Kier alpha value is -2.04. The van der Waals surface area contributed by atoms with Gasteiger partial charge in [-0.2, -0.15) is 0 Å². The van der Waals surface area contributed by atoms with Gasteiger partial charge in [-0.25, -0.2) is 4.79 Å². The molecule has 0 unspecified atom stereocenters. The highest BCUT2D eigenvalue weighted by Crippen LogP contribution is 2.39. The van der Waals surface area contributed by atoms with Crippen LogP contribution < -0.4 is 4.74 Å². The van der Waals surface area contributed by atoms with Crippen LogP contribution in [-0.2, 0) is 6.42 Å². The molecule has 2 aliphatic rings. The first-order chi connectivity index (χ1) is 10.9. The molecule has 1 saturated heterocycles. The molecule has 3 rings (SSSR count). The van der Waals surface area contributed by atoms with E-state index < -0.39 is 5.60 Å². The number of fused-ring (bicyclic) bond motifs is 1. The first-order valence-electron chi connectivity index (χ1n) is 8.25. The van der Waals surface area contributed by atoms with Crippen LogP contribution in [0.2, 0.25) is 0 Å². The summed E-state index contributed by atoms with van der Waals surface area (Å²) in [6.07, 6.45) is 2.73. The summed E-state index contributed by atoms with van der Waals surface area (Å²) >= 11 is 0. The average Bonchev–Trinajstić information content (AvgIpc) is 2.54. The highest BCUT2D eigenvalue weighted by molar-refractivity contribution is 6.00. The number of carbonyl (C=O) groups excluding carboxylic acids is 2. The molecule has 0 aliphatic carbocycles. The van der Waals surface area contributed by atoms with Crippen molar-refractivity contribution in [2.45, 2.75) is 38.2 Å². The van der Waals surface area contributed by atoms with Crippen LogP contribution in [-0.4, -0.2) is 54.4 Å². The number of hydrogen-bond acceptors (Lipinski definition) is 3. The Morgan fingerprint density at radius 1 is 1.30 bits per heavy atom. The molecule has 5 heteroatoms. The number of Topliss-reactive ketones (excluding diaryl/α,β-unsaturated/α-hetero) is 1. The van der Waals surface area contributed by atoms with Crippen molar-refractivity contribution in [3.8, 4) is 5.75 Å². The van der Waals surface area contributed by atoms with Gasteiger partial charge in [-0.05, 0) is 24.1 Å². The standard InChI is InChI=1S/C18H24N2O3/c1-4-13-5-6-16-14(11-13)15(21)12-18(23-16)7-9-20(10-8-18)17(22)19(2)3/h5-6,11H,4,7-10,12H2,1-3H3. The van der Waals surface area contributed by atoms with Crippen LogP contribution in [0.3, 0.4) is 0 Å². The molecule has 2 amide bonds. The third-order valence-corrected chi connectivity index (χ3v) is 4.89. The molecule has 23 heavy (non-hydrogen) atoms. The molecule has 0 atom stereocenters. The maximum atomic E-state index is 12.6. The molecule has 1 spiro atoms. The van der Waals surface area contributed by atoms with Gasteiger partial charge in [0.15, 0.2) is 5.78 Å². The van der Waals surface area contributed by atoms with E-state index in [1.807, 2.05) is 23.1 Å². The Kier molecular flexibility index (Phi) is 4.04. The number of rotatable bonds is 1. The number of hydrogen-bond donors (Lipinski definition) is 0. The van der Waals surface area contributed by atoms with E-state index >= 15 is 0 Å². The summed E-state index contributed by atoms with van der Waals surface area (Å²) in [6, 6.07) is 5.92. The highest BCUT2D eigenvalue weighted by atomic mass is 16.5. The zero-order chi connectivity index (χ0) is 16.6. The quantitative estimate of drug-likeness (QED) is 0.800. The number of piperidine rings is 1. The zero-order valence-electron chi connectivity index (χ0n) is 14.1. The molecule has 5 nitrogen and oxygen atoms in total. The molecule has 0 N–H and O–H groups in total. The van der Waals surface area contributed by atoms with Crippen LogP contribution in [0.15, 0.2) is 18.2 Å². The first-order valence-corrected chi connectivity index (χ1v) is 8.25. The van der Waals surface area contributed by atoms with Crippen LogP contribution in [0.4, 0.5) is 4.79 Å². The second-order valence-corrected chi connectivity index (χ2v) is 6.73. The molecule has 0 aromatic heterocycles. The molecule has 124 valence electrons. The lowest BCUT2D eigenvalue weighted by molar-refractivity contribution is -0.00272. The molecule has 1 fully saturated rings. The van der Waals surface area contributed by atoms with E-state index in [1.54, 1.807) is 19.0 Å². The van der Waals surface area contributed by atoms with Gasteiger partial charge < -0.3 is 14.5 Å². The summed E-state index contributed by atoms with van der Waals surface area (Å²) in [4.78, 5) is 28.0. The van der Waals surface area contributed by atoms with Crippen molar-refractivity contribution >= 4 is 11.8 Å². The Bertz CT molecular complexity index is 631. The summed E-state index contributed by atoms with van der Waals surface area (Å²) in [6.45, 7) is 3.34. The van der Waals surface area contributed by atoms with Crippen molar-refractivity contribution in [3.05, 3.63) is 29.3 Å². The average molecular weight is 316 g/mol. The maximum absolute atomic E-state index is 12.6. The predicted molar refractivity (Wildman–Crippen MR) is 88.0 cm³/mol. The fourth-order valence-corrected chi connectivity index (χ4v) is 3.43. The number of likely N-dealkylation sites (tertiary alicyclic amines) is 1. The molecule has 0 saturated carbocycles. The highest BCUT2D eigenvalue weighted by Gasteiger charge is 2.43. The number of nitrogens with zero attached hydrogens (tertiary/aromatic N) is 2. The number of aryl methyl sites for hydroxylation is 1. The molecule has 1 aromatic carbocycles. The van der Waals surface area contributed by atoms with Gasteiger partial charge in [0.05, 0.1) is 12.0 Å². The van der Waals surface area contributed by atoms with Crippen molar-refractivity contribution in [2.75, 3.05) is 27.2 Å². The molecule has 1 aromatic rings. The summed E-state index contributed by atoms with van der Waals surface area (Å²) in [7, 11) is 3.52. The minimum atomic E-state index is -0.444. The van der Waals surface area contributed by atoms with Crippen molar-refractivity contribution in [1.82, 2.24) is 9.80 Å². The smallest absolute Gasteiger partial charge is 0.319 e. The zero-order valence-corrected chi connectivity index (χ0v) is 14.1. The monoisotopic (exact) mass is 316 g/mol. The van der Waals surface area contributed by atoms with Gasteiger partial charge in [-0.1, -0.05) is 13.0 Å². The van der Waals surface area contributed by atoms with Crippen molar-refractivity contribution in [3.63, 3.8) is 0 Å². The molecule has 0 bridgehead atoms. The maximum Gasteiger partial charge on any atom is 0.319 e. The fraction of sp³-hybridized carbons (Fsp3) is 0.556. The lowest BCUT2D eigenvalue weighted by Gasteiger charge is -2.44. The van der Waals surface area contributed by atoms with Gasteiger partial charge >= 0.3 is 6.03 Å². The number of amides is 2. The van der Waals surface area contributed by atoms with Gasteiger partial charge in [-0.3, -0.25) is 4.79 Å². The van der Waals surface area contributed by atoms with Crippen LogP contribution >= 0.6 is 0 Å². The second kappa shape index (κ2) is 5.87. The van der Waals surface area contributed by atoms with Crippen molar-refractivity contribution in [2.24, 2.45) is 0 Å². The van der Waals surface area contributed by atoms with Gasteiger partial charge in [0.25, 0.3) is 0 Å². The van der Waals surface area contributed by atoms with Crippen LogP contribution in [0.25, 0.3) is 0 Å². The Morgan fingerprint density at radius 3 is 2.61 bits per heavy atom. The lowest BCUT2D eigenvalue weighted by atomic mass is 9.82. The van der Waals surface area contributed by atoms with E-state index in [9.17, 15) is 9.59 Å². The van der Waals surface area contributed by atoms with Crippen LogP contribution in [0, 0.1) is 0 Å². The van der Waals surface area contributed by atoms with Gasteiger partial charge in [0.1, 0.15) is 11.4 Å². The number of carbonyl (C=O) groups is 2. The third-order valence-electron chi connectivity index (χ3n) is 4.89. The van der Waals surface area contributed by atoms with Gasteiger partial charge in [0.2, 0.25) is 0 Å². The van der Waals surface area contributed by atoms with E-state index in [0.717, 1.165) is 12.0 Å². The molecular weight excluding hydrogens is 292 g/mol. The van der Waals surface area contributed by atoms with E-state index in [-0.39, 0.29) is 11.8 Å². The Balaban J connectivity index is 1.76. The molecule has 2 aliphatic heterocycles. The summed E-state index contributed by atoms with van der Waals surface area (Å²) in [5, 5.41) is 0. The SMILES string of the molecule is CCc1ccc2c(c1)C(=O)CC1(CCN(C(=O)N(C)C)CC1)O2. The number of benzene rings is 1. The molecular formula is C18H24N2O3. The Morgan fingerprint density at radius 2 is 2.00 bits per heavy atom. The minimum absolute atomic E-state index is 0.0231. The summed E-state index contributed by atoms with van der Waals surface area (Å²) in [5.41, 5.74) is 1.42. The fourth-order valence-electron chi connectivity index (χ4n) is 3.43. The largest absolute Gasteiger partial charge is 0.486 e. The van der Waals surface area contributed by atoms with E-state index in [0.29, 0.717) is 43.7 Å². The van der Waals surface area contributed by atoms with Gasteiger partial charge in [-0.15, -0.1) is 0 Å². The van der Waals surface area contributed by atoms with Crippen molar-refractivity contribution < 1.29 is 14.3 Å². The number of ether oxygens (including phenoxy) is 1. The lowest BCUT2D eigenvalue weighted by Crippen LogP contribution is -2.53. The van der Waals surface area contributed by atoms with Gasteiger partial charge in [0, 0.05) is 40.0 Å². The van der Waals surface area contributed by atoms with E-state index in [4.69, 9.17) is 4.74 Å². The van der Waals surface area contributed by atoms with Crippen molar-refractivity contribution in [1.29, 1.82) is 0 Å². The third kappa shape index (κ3) is 2.92. The summed E-state index contributed by atoms with van der Waals surface area (Å²) < 4.78 is 6.25. The van der Waals surface area contributed by atoms with E-state index in [1.165, 1.54) is 0 Å². The number of urea groups is 1. The minimum Gasteiger partial charge on any atom is -0.486 e. The second-order valence-electron chi connectivity index (χ2n) is 6.73. The van der Waals surface area contributed by atoms with Crippen LogP contribution in [0.1, 0.15) is 42.1 Å². The topological polar surface area (TPSA) is 49.9 Å². The first kappa shape index (κ1) is 15.8. The summed E-state index contributed by atoms with van der Waals surface area (Å²) in [5.74, 6) is 0.861. The Labute approximate surface area is 137 Å². The molecule has 2 heterocycles. The number of ketones is 1. The predicted octanol–water partition coefficient (Wildman–Crippen LogP) is 2.73. The van der Waals surface area contributed by atoms with Crippen LogP contribution in [0.5, 0.6) is 5.75 Å². The molecule has 0 radical (unpaired) electrons. The van der Waals surface area contributed by atoms with E-state index in [2.05, 4.69) is 6.92 Å².